The van der Waals surface area contributed by atoms with Gasteiger partial charge in [-0.05, 0) is 61.3 Å². The van der Waals surface area contributed by atoms with E-state index >= 15 is 0 Å². The van der Waals surface area contributed by atoms with Gasteiger partial charge in [0.05, 0.1) is 7.11 Å². The predicted molar refractivity (Wildman–Crippen MR) is 169 cm³/mol. The monoisotopic (exact) mass is 602 g/mol. The molecule has 5 rings (SSSR count). The molecule has 226 valence electrons. The maximum Gasteiger partial charge on any atom is 0.328 e. The molecule has 3 aromatic rings. The Morgan fingerprint density at radius 1 is 1.00 bits per heavy atom. The number of amides is 1. The molecule has 2 aliphatic carbocycles. The van der Waals surface area contributed by atoms with Crippen LogP contribution in [0.4, 0.5) is 11.8 Å². The minimum atomic E-state index is -0.742. The maximum absolute atomic E-state index is 13.7. The van der Waals surface area contributed by atoms with E-state index in [1.165, 1.54) is 13.3 Å². The summed E-state index contributed by atoms with van der Waals surface area (Å²) in [7, 11) is 1.35. The molecule has 2 fully saturated rings. The Bertz CT molecular complexity index is 1410. The molecule has 9 nitrogen and oxygen atoms in total. The zero-order valence-corrected chi connectivity index (χ0v) is 25.2. The maximum atomic E-state index is 13.7. The lowest BCUT2D eigenvalue weighted by Gasteiger charge is -2.29. The van der Waals surface area contributed by atoms with Crippen molar-refractivity contribution in [1.82, 2.24) is 15.3 Å². The van der Waals surface area contributed by atoms with E-state index in [2.05, 4.69) is 20.9 Å². The fraction of sp³-hybridized carbons (Fsp3) is 0.424. The number of nitrogens with zero attached hydrogens (tertiary/aromatic N) is 2. The van der Waals surface area contributed by atoms with Crippen molar-refractivity contribution < 1.29 is 14.3 Å². The SMILES string of the molecule is COC(=O)C(NC(=O)c1cnc(NC2CCC2)nc1NCC(C(=N)c1ccc(Cl)cc1)c1ccccc1)C1CCCCC1. The van der Waals surface area contributed by atoms with Crippen LogP contribution in [-0.4, -0.2) is 53.3 Å². The van der Waals surface area contributed by atoms with Gasteiger partial charge in [0, 0.05) is 35.4 Å². The lowest BCUT2D eigenvalue weighted by Crippen LogP contribution is -2.47. The van der Waals surface area contributed by atoms with E-state index in [0.717, 1.165) is 62.5 Å². The standard InChI is InChI=1S/C33H39ClN6O3/c1-43-32(42)29(23-11-6-3-7-12-23)39-31(41)27-20-37-33(38-25-13-8-14-25)40-30(27)36-19-26(21-9-4-2-5-10-21)28(35)22-15-17-24(34)18-16-22/h2,4-5,9-10,15-18,20,23,25-26,29,35H,3,6-8,11-14,19H2,1H3,(H,39,41)(H2,36,37,38,40). The van der Waals surface area contributed by atoms with Crippen LogP contribution in [0.25, 0.3) is 0 Å². The molecule has 0 radical (unpaired) electrons. The van der Waals surface area contributed by atoms with Gasteiger partial charge in [0.15, 0.2) is 0 Å². The van der Waals surface area contributed by atoms with Gasteiger partial charge in [-0.25, -0.2) is 9.78 Å². The van der Waals surface area contributed by atoms with Crippen molar-refractivity contribution >= 4 is 41.0 Å². The molecule has 2 atom stereocenters. The topological polar surface area (TPSA) is 129 Å². The first kappa shape index (κ1) is 30.5. The van der Waals surface area contributed by atoms with E-state index in [1.54, 1.807) is 12.1 Å². The summed E-state index contributed by atoms with van der Waals surface area (Å²) in [6, 6.07) is 16.6. The molecular weight excluding hydrogens is 564 g/mol. The average molecular weight is 603 g/mol. The highest BCUT2D eigenvalue weighted by Crippen LogP contribution is 2.29. The van der Waals surface area contributed by atoms with Crippen molar-refractivity contribution in [1.29, 1.82) is 5.41 Å². The molecule has 0 aliphatic heterocycles. The van der Waals surface area contributed by atoms with Crippen LogP contribution in [0.15, 0.2) is 60.8 Å². The summed E-state index contributed by atoms with van der Waals surface area (Å²) >= 11 is 6.11. The van der Waals surface area contributed by atoms with Gasteiger partial charge >= 0.3 is 5.97 Å². The van der Waals surface area contributed by atoms with Crippen molar-refractivity contribution in [2.45, 2.75) is 69.4 Å². The predicted octanol–water partition coefficient (Wildman–Crippen LogP) is 6.21. The third kappa shape index (κ3) is 7.70. The molecule has 0 bridgehead atoms. The third-order valence-electron chi connectivity index (χ3n) is 8.51. The molecule has 1 heterocycles. The number of nitrogens with one attached hydrogen (secondary N) is 4. The number of hydrogen-bond donors (Lipinski definition) is 4. The molecule has 0 spiro atoms. The molecule has 10 heteroatoms. The molecule has 1 amide bonds. The first-order valence-corrected chi connectivity index (χ1v) is 15.5. The molecule has 2 aliphatic rings. The number of halogens is 1. The van der Waals surface area contributed by atoms with Crippen molar-refractivity contribution in [3.63, 3.8) is 0 Å². The summed E-state index contributed by atoms with van der Waals surface area (Å²) in [5, 5.41) is 19.3. The number of hydrogen-bond acceptors (Lipinski definition) is 8. The van der Waals surface area contributed by atoms with Crippen LogP contribution >= 0.6 is 11.6 Å². The third-order valence-corrected chi connectivity index (χ3v) is 8.77. The lowest BCUT2D eigenvalue weighted by atomic mass is 9.83. The molecule has 2 unspecified atom stereocenters. The second-order valence-corrected chi connectivity index (χ2v) is 11.8. The summed E-state index contributed by atoms with van der Waals surface area (Å²) in [5.74, 6) is -0.441. The fourth-order valence-electron chi connectivity index (χ4n) is 5.77. The average Bonchev–Trinajstić information content (AvgIpc) is 3.02. The zero-order valence-electron chi connectivity index (χ0n) is 24.4. The smallest absolute Gasteiger partial charge is 0.328 e. The van der Waals surface area contributed by atoms with E-state index in [4.69, 9.17) is 26.7 Å². The number of esters is 1. The van der Waals surface area contributed by atoms with Crippen LogP contribution in [0.5, 0.6) is 0 Å². The van der Waals surface area contributed by atoms with E-state index in [1.807, 2.05) is 42.5 Å². The van der Waals surface area contributed by atoms with Crippen LogP contribution in [0.2, 0.25) is 5.02 Å². The molecular formula is C33H39ClN6O3. The Morgan fingerprint density at radius 2 is 1.72 bits per heavy atom. The van der Waals surface area contributed by atoms with Gasteiger partial charge in [0.25, 0.3) is 5.91 Å². The van der Waals surface area contributed by atoms with Crippen LogP contribution < -0.4 is 16.0 Å². The molecule has 43 heavy (non-hydrogen) atoms. The number of rotatable bonds is 12. The van der Waals surface area contributed by atoms with Crippen LogP contribution in [0.3, 0.4) is 0 Å². The van der Waals surface area contributed by atoms with E-state index in [9.17, 15) is 9.59 Å². The summed E-state index contributed by atoms with van der Waals surface area (Å²) < 4.78 is 5.08. The van der Waals surface area contributed by atoms with E-state index in [0.29, 0.717) is 35.1 Å². The number of methoxy groups -OCH3 is 1. The Hall–Kier alpha value is -3.98. The normalized spacial score (nSPS) is 16.8. The zero-order chi connectivity index (χ0) is 30.2. The number of ether oxygens (including phenoxy) is 1. The van der Waals surface area contributed by atoms with Gasteiger partial charge in [-0.15, -0.1) is 0 Å². The highest BCUT2D eigenvalue weighted by Gasteiger charge is 2.33. The van der Waals surface area contributed by atoms with E-state index < -0.39 is 17.9 Å². The Morgan fingerprint density at radius 3 is 2.37 bits per heavy atom. The fourth-order valence-corrected chi connectivity index (χ4v) is 5.90. The van der Waals surface area contributed by atoms with Gasteiger partial charge in [0.2, 0.25) is 5.95 Å². The Kier molecular flexibility index (Phi) is 10.3. The second-order valence-electron chi connectivity index (χ2n) is 11.4. The molecule has 2 saturated carbocycles. The van der Waals surface area contributed by atoms with Crippen LogP contribution in [0, 0.1) is 11.3 Å². The quantitative estimate of drug-likeness (QED) is 0.143. The summed E-state index contributed by atoms with van der Waals surface area (Å²) in [5.41, 5.74) is 2.34. The van der Waals surface area contributed by atoms with Gasteiger partial charge < -0.3 is 26.1 Å². The largest absolute Gasteiger partial charge is 0.467 e. The first-order valence-electron chi connectivity index (χ1n) is 15.1. The molecule has 2 aromatic carbocycles. The van der Waals surface area contributed by atoms with Gasteiger partial charge in [-0.3, -0.25) is 4.79 Å². The first-order chi connectivity index (χ1) is 20.9. The lowest BCUT2D eigenvalue weighted by molar-refractivity contribution is -0.144. The highest BCUT2D eigenvalue weighted by atomic mass is 35.5. The van der Waals surface area contributed by atoms with Crippen LogP contribution in [-0.2, 0) is 9.53 Å². The van der Waals surface area contributed by atoms with Gasteiger partial charge in [0.1, 0.15) is 17.4 Å². The minimum absolute atomic E-state index is 0.0179. The number of anilines is 2. The number of carbonyl (C=O) groups is 2. The summed E-state index contributed by atoms with van der Waals surface area (Å²) in [6.07, 6.45) is 9.64. The number of aromatic nitrogens is 2. The van der Waals surface area contributed by atoms with E-state index in [-0.39, 0.29) is 17.4 Å². The minimum Gasteiger partial charge on any atom is -0.467 e. The van der Waals surface area contributed by atoms with Gasteiger partial charge in [-0.2, -0.15) is 4.98 Å². The van der Waals surface area contributed by atoms with Crippen LogP contribution in [0.1, 0.15) is 78.8 Å². The van der Waals surface area contributed by atoms with Crippen molar-refractivity contribution in [3.05, 3.63) is 82.5 Å². The van der Waals surface area contributed by atoms with Gasteiger partial charge in [-0.1, -0.05) is 73.3 Å². The molecule has 4 N–H and O–H groups in total. The number of benzene rings is 2. The summed E-state index contributed by atoms with van der Waals surface area (Å²) in [6.45, 7) is 0.300. The Balaban J connectivity index is 1.42. The molecule has 0 saturated heterocycles. The number of carbonyl (C=O) groups excluding carboxylic acids is 2. The van der Waals surface area contributed by atoms with Crippen molar-refractivity contribution in [3.8, 4) is 0 Å². The molecule has 1 aromatic heterocycles. The second kappa shape index (κ2) is 14.5. The summed E-state index contributed by atoms with van der Waals surface area (Å²) in [4.78, 5) is 35.6. The van der Waals surface area contributed by atoms with Crippen molar-refractivity contribution in [2.24, 2.45) is 5.92 Å². The Labute approximate surface area is 257 Å². The highest BCUT2D eigenvalue weighted by molar-refractivity contribution is 6.30. The van der Waals surface area contributed by atoms with Crippen molar-refractivity contribution in [2.75, 3.05) is 24.3 Å².